The monoisotopic (exact) mass is 421 g/mol. The highest BCUT2D eigenvalue weighted by Crippen LogP contribution is 2.29. The topological polar surface area (TPSA) is 70.6 Å². The van der Waals surface area contributed by atoms with E-state index in [1.807, 2.05) is 38.1 Å². The molecule has 0 spiro atoms. The summed E-state index contributed by atoms with van der Waals surface area (Å²) in [5.74, 6) is -0.149. The zero-order chi connectivity index (χ0) is 20.3. The molecule has 1 aromatic heterocycles. The van der Waals surface area contributed by atoms with Crippen molar-refractivity contribution in [3.05, 3.63) is 53.3 Å². The van der Waals surface area contributed by atoms with Crippen LogP contribution in [0.2, 0.25) is 5.15 Å². The molecule has 28 heavy (non-hydrogen) atoms. The van der Waals surface area contributed by atoms with Crippen molar-refractivity contribution in [3.8, 4) is 0 Å². The summed E-state index contributed by atoms with van der Waals surface area (Å²) in [4.78, 5) is 18.8. The number of sulfonamides is 1. The molecule has 0 unspecified atom stereocenters. The van der Waals surface area contributed by atoms with E-state index in [1.54, 1.807) is 11.0 Å². The number of benzene rings is 1. The lowest BCUT2D eigenvalue weighted by atomic mass is 9.96. The molecule has 1 aromatic carbocycles. The van der Waals surface area contributed by atoms with Gasteiger partial charge in [0, 0.05) is 37.4 Å². The number of hydrogen-bond donors (Lipinski definition) is 0. The molecule has 2 aromatic rings. The molecule has 0 radical (unpaired) electrons. The molecule has 0 aliphatic carbocycles. The number of pyridine rings is 1. The van der Waals surface area contributed by atoms with Gasteiger partial charge in [-0.2, -0.15) is 4.31 Å². The van der Waals surface area contributed by atoms with Gasteiger partial charge in [0.1, 0.15) is 10.0 Å². The second-order valence-corrected chi connectivity index (χ2v) is 9.10. The fraction of sp³-hybridized carbons (Fsp3) is 0.400. The zero-order valence-corrected chi connectivity index (χ0v) is 17.6. The van der Waals surface area contributed by atoms with Gasteiger partial charge in [0.25, 0.3) is 0 Å². The number of rotatable bonds is 5. The first kappa shape index (κ1) is 20.8. The van der Waals surface area contributed by atoms with Crippen LogP contribution in [0.3, 0.4) is 0 Å². The molecule has 8 heteroatoms. The van der Waals surface area contributed by atoms with Crippen LogP contribution in [0, 0.1) is 12.8 Å². The molecule has 2 heterocycles. The Labute approximate surface area is 171 Å². The van der Waals surface area contributed by atoms with Gasteiger partial charge in [-0.15, -0.1) is 0 Å². The summed E-state index contributed by atoms with van der Waals surface area (Å²) in [6, 6.07) is 10.8. The van der Waals surface area contributed by atoms with Gasteiger partial charge < -0.3 is 4.90 Å². The number of carbonyl (C=O) groups excluding carboxylic acids is 1. The number of hydrogen-bond acceptors (Lipinski definition) is 4. The molecule has 1 amide bonds. The summed E-state index contributed by atoms with van der Waals surface area (Å²) in [5.41, 5.74) is 1.95. The third kappa shape index (κ3) is 4.06. The first-order chi connectivity index (χ1) is 13.4. The number of aromatic nitrogens is 1. The largest absolute Gasteiger partial charge is 0.312 e. The van der Waals surface area contributed by atoms with Gasteiger partial charge in [-0.3, -0.25) is 4.79 Å². The Morgan fingerprint density at radius 2 is 1.89 bits per heavy atom. The maximum atomic E-state index is 13.1. The minimum atomic E-state index is -3.71. The summed E-state index contributed by atoms with van der Waals surface area (Å²) in [5, 5.41) is -0.0302. The fourth-order valence-corrected chi connectivity index (χ4v) is 5.48. The van der Waals surface area contributed by atoms with E-state index in [0.29, 0.717) is 19.4 Å². The van der Waals surface area contributed by atoms with Crippen molar-refractivity contribution in [1.82, 2.24) is 9.29 Å². The van der Waals surface area contributed by atoms with Crippen LogP contribution < -0.4 is 4.90 Å². The summed E-state index contributed by atoms with van der Waals surface area (Å²) in [6.45, 7) is 5.09. The molecule has 150 valence electrons. The molecule has 0 bridgehead atoms. The van der Waals surface area contributed by atoms with Gasteiger partial charge >= 0.3 is 0 Å². The second-order valence-electron chi connectivity index (χ2n) is 6.84. The molecule has 0 atom stereocenters. The van der Waals surface area contributed by atoms with Crippen molar-refractivity contribution >= 4 is 33.2 Å². The number of para-hydroxylation sites is 1. The predicted octanol–water partition coefficient (Wildman–Crippen LogP) is 3.50. The molecule has 0 saturated carbocycles. The molecule has 3 rings (SSSR count). The quantitative estimate of drug-likeness (QED) is 0.693. The van der Waals surface area contributed by atoms with E-state index < -0.39 is 10.0 Å². The number of halogens is 1. The van der Waals surface area contributed by atoms with E-state index in [1.165, 1.54) is 16.6 Å². The number of amides is 1. The predicted molar refractivity (Wildman–Crippen MR) is 110 cm³/mol. The summed E-state index contributed by atoms with van der Waals surface area (Å²) in [6.07, 6.45) is 2.42. The summed E-state index contributed by atoms with van der Waals surface area (Å²) in [7, 11) is -3.71. The lowest BCUT2D eigenvalue weighted by Gasteiger charge is -2.33. The van der Waals surface area contributed by atoms with E-state index >= 15 is 0 Å². The van der Waals surface area contributed by atoms with Crippen LogP contribution in [0.4, 0.5) is 5.69 Å². The average molecular weight is 422 g/mol. The van der Waals surface area contributed by atoms with Gasteiger partial charge in [0.2, 0.25) is 15.9 Å². The average Bonchev–Trinajstić information content (AvgIpc) is 2.70. The van der Waals surface area contributed by atoms with Crippen LogP contribution in [0.15, 0.2) is 47.5 Å². The Morgan fingerprint density at radius 1 is 1.21 bits per heavy atom. The third-order valence-corrected chi connectivity index (χ3v) is 7.48. The van der Waals surface area contributed by atoms with Gasteiger partial charge in [0.05, 0.1) is 0 Å². The normalized spacial score (nSPS) is 16.1. The van der Waals surface area contributed by atoms with E-state index in [2.05, 4.69) is 4.98 Å². The molecule has 1 fully saturated rings. The lowest BCUT2D eigenvalue weighted by molar-refractivity contribution is -0.123. The standard InChI is InChI=1S/C20H24ClN3O3S/c1-3-24(17-8-5-4-7-15(17)2)20(25)16-10-13-23(14-11-16)28(26,27)18-9-6-12-22-19(18)21/h4-9,12,16H,3,10-11,13-14H2,1-2H3. The maximum absolute atomic E-state index is 13.1. The number of aryl methyl sites for hydroxylation is 1. The first-order valence-electron chi connectivity index (χ1n) is 9.34. The Hall–Kier alpha value is -1.96. The van der Waals surface area contributed by atoms with Crippen LogP contribution >= 0.6 is 11.6 Å². The van der Waals surface area contributed by atoms with Crippen molar-refractivity contribution in [2.45, 2.75) is 31.6 Å². The Bertz CT molecular complexity index is 957. The van der Waals surface area contributed by atoms with Crippen molar-refractivity contribution in [2.75, 3.05) is 24.5 Å². The Balaban J connectivity index is 1.72. The molecule has 6 nitrogen and oxygen atoms in total. The van der Waals surface area contributed by atoms with E-state index in [4.69, 9.17) is 11.6 Å². The fourth-order valence-electron chi connectivity index (χ4n) is 3.58. The highest BCUT2D eigenvalue weighted by atomic mass is 35.5. The maximum Gasteiger partial charge on any atom is 0.246 e. The van der Waals surface area contributed by atoms with Crippen molar-refractivity contribution < 1.29 is 13.2 Å². The number of piperidine rings is 1. The van der Waals surface area contributed by atoms with Gasteiger partial charge in [-0.25, -0.2) is 13.4 Å². The van der Waals surface area contributed by atoms with Crippen LogP contribution in [-0.2, 0) is 14.8 Å². The SMILES string of the molecule is CCN(C(=O)C1CCN(S(=O)(=O)c2cccnc2Cl)CC1)c1ccccc1C. The summed E-state index contributed by atoms with van der Waals surface area (Å²) < 4.78 is 27.1. The van der Waals surface area contributed by atoms with Gasteiger partial charge in [-0.1, -0.05) is 29.8 Å². The van der Waals surface area contributed by atoms with Crippen LogP contribution in [0.25, 0.3) is 0 Å². The van der Waals surface area contributed by atoms with E-state index in [-0.39, 0.29) is 35.0 Å². The molecule has 1 aliphatic heterocycles. The highest BCUT2D eigenvalue weighted by Gasteiger charge is 2.35. The highest BCUT2D eigenvalue weighted by molar-refractivity contribution is 7.89. The Morgan fingerprint density at radius 3 is 2.50 bits per heavy atom. The molecule has 1 aliphatic rings. The van der Waals surface area contributed by atoms with Crippen molar-refractivity contribution in [3.63, 3.8) is 0 Å². The molecular formula is C20H24ClN3O3S. The lowest BCUT2D eigenvalue weighted by Crippen LogP contribution is -2.44. The number of nitrogens with zero attached hydrogens (tertiary/aromatic N) is 3. The molecule has 1 saturated heterocycles. The van der Waals surface area contributed by atoms with E-state index in [9.17, 15) is 13.2 Å². The Kier molecular flexibility index (Phi) is 6.37. The van der Waals surface area contributed by atoms with Crippen molar-refractivity contribution in [1.29, 1.82) is 0 Å². The van der Waals surface area contributed by atoms with Gasteiger partial charge in [0.15, 0.2) is 0 Å². The molecular weight excluding hydrogens is 398 g/mol. The van der Waals surface area contributed by atoms with E-state index in [0.717, 1.165) is 11.3 Å². The third-order valence-electron chi connectivity index (χ3n) is 5.13. The first-order valence-corrected chi connectivity index (χ1v) is 11.2. The zero-order valence-electron chi connectivity index (χ0n) is 16.0. The minimum absolute atomic E-state index is 0.0107. The number of anilines is 1. The van der Waals surface area contributed by atoms with Crippen LogP contribution in [0.5, 0.6) is 0 Å². The van der Waals surface area contributed by atoms with Crippen LogP contribution in [-0.4, -0.2) is 43.2 Å². The van der Waals surface area contributed by atoms with Crippen molar-refractivity contribution in [2.24, 2.45) is 5.92 Å². The minimum Gasteiger partial charge on any atom is -0.312 e. The second kappa shape index (κ2) is 8.59. The number of carbonyl (C=O) groups is 1. The molecule has 0 N–H and O–H groups in total. The summed E-state index contributed by atoms with van der Waals surface area (Å²) >= 11 is 5.97. The van der Waals surface area contributed by atoms with Crippen LogP contribution in [0.1, 0.15) is 25.3 Å². The van der Waals surface area contributed by atoms with Gasteiger partial charge in [-0.05, 0) is 50.5 Å². The smallest absolute Gasteiger partial charge is 0.246 e.